The summed E-state index contributed by atoms with van der Waals surface area (Å²) in [5, 5.41) is 5.78. The molecule has 0 aliphatic carbocycles. The molecule has 3 aromatic carbocycles. The van der Waals surface area contributed by atoms with Crippen LogP contribution in [0.5, 0.6) is 5.75 Å². The van der Waals surface area contributed by atoms with Gasteiger partial charge in [-0.2, -0.15) is 5.10 Å². The van der Waals surface area contributed by atoms with Crippen molar-refractivity contribution in [2.24, 2.45) is 5.10 Å². The largest absolute Gasteiger partial charge is 0.496 e. The van der Waals surface area contributed by atoms with Crippen molar-refractivity contribution in [3.63, 3.8) is 0 Å². The SMILES string of the molecule is COCCN(CC(=O)N1N=C(c2ccccc2F)C[C@H]1c1ccccc1OC)C(=O)c1cccc(F)c1. The molecule has 4 rings (SSSR count). The number of carbonyl (C=O) groups excluding carboxylic acids is 2. The molecule has 1 heterocycles. The van der Waals surface area contributed by atoms with Gasteiger partial charge in [0.25, 0.3) is 11.8 Å². The van der Waals surface area contributed by atoms with E-state index in [-0.39, 0.29) is 31.7 Å². The summed E-state index contributed by atoms with van der Waals surface area (Å²) in [5.41, 5.74) is 1.52. The second-order valence-electron chi connectivity index (χ2n) is 8.46. The standard InChI is InChI=1S/C28H27F2N3O4/c1-36-15-14-32(28(35)19-8-7-9-20(29)16-19)18-27(34)33-25(22-11-4-6-13-26(22)37-2)17-24(31-33)21-10-3-5-12-23(21)30/h3-13,16,25H,14-15,17-18H2,1-2H3/t25-/m0/s1. The van der Waals surface area contributed by atoms with Crippen LogP contribution in [-0.4, -0.2) is 61.4 Å². The Balaban J connectivity index is 1.67. The Hall–Kier alpha value is -4.11. The quantitative estimate of drug-likeness (QED) is 0.429. The van der Waals surface area contributed by atoms with Gasteiger partial charge in [0, 0.05) is 36.8 Å². The first-order valence-electron chi connectivity index (χ1n) is 11.7. The minimum absolute atomic E-state index is 0.106. The van der Waals surface area contributed by atoms with E-state index in [2.05, 4.69) is 5.10 Å². The monoisotopic (exact) mass is 507 g/mol. The van der Waals surface area contributed by atoms with Gasteiger partial charge in [0.1, 0.15) is 23.9 Å². The van der Waals surface area contributed by atoms with E-state index < -0.39 is 29.5 Å². The fourth-order valence-electron chi connectivity index (χ4n) is 4.28. The van der Waals surface area contributed by atoms with E-state index in [1.165, 1.54) is 48.4 Å². The topological polar surface area (TPSA) is 71.4 Å². The molecule has 7 nitrogen and oxygen atoms in total. The number of hydrogen-bond acceptors (Lipinski definition) is 5. The number of benzene rings is 3. The highest BCUT2D eigenvalue weighted by Crippen LogP contribution is 2.37. The molecule has 1 atom stereocenters. The van der Waals surface area contributed by atoms with Crippen molar-refractivity contribution in [2.45, 2.75) is 12.5 Å². The molecule has 0 aromatic heterocycles. The van der Waals surface area contributed by atoms with Crippen molar-refractivity contribution in [2.75, 3.05) is 33.9 Å². The lowest BCUT2D eigenvalue weighted by Gasteiger charge is -2.27. The third-order valence-corrected chi connectivity index (χ3v) is 6.10. The summed E-state index contributed by atoms with van der Waals surface area (Å²) >= 11 is 0. The lowest BCUT2D eigenvalue weighted by Crippen LogP contribution is -2.42. The summed E-state index contributed by atoms with van der Waals surface area (Å²) in [4.78, 5) is 28.1. The van der Waals surface area contributed by atoms with E-state index in [1.54, 1.807) is 24.3 Å². The van der Waals surface area contributed by atoms with E-state index in [0.717, 1.165) is 6.07 Å². The molecule has 0 bridgehead atoms. The van der Waals surface area contributed by atoms with Crippen molar-refractivity contribution in [3.05, 3.63) is 101 Å². The number of halogens is 2. The number of rotatable bonds is 9. The highest BCUT2D eigenvalue weighted by molar-refractivity contribution is 6.04. The summed E-state index contributed by atoms with van der Waals surface area (Å²) in [5.74, 6) is -1.45. The van der Waals surface area contributed by atoms with Crippen LogP contribution in [0.1, 0.15) is 33.9 Å². The molecule has 0 saturated heterocycles. The van der Waals surface area contributed by atoms with Crippen LogP contribution < -0.4 is 4.74 Å². The minimum atomic E-state index is -0.577. The van der Waals surface area contributed by atoms with Crippen molar-refractivity contribution in [1.29, 1.82) is 0 Å². The third-order valence-electron chi connectivity index (χ3n) is 6.10. The van der Waals surface area contributed by atoms with Gasteiger partial charge in [-0.1, -0.05) is 42.5 Å². The van der Waals surface area contributed by atoms with Crippen LogP contribution in [0, 0.1) is 11.6 Å². The highest BCUT2D eigenvalue weighted by atomic mass is 19.1. The van der Waals surface area contributed by atoms with E-state index in [1.807, 2.05) is 18.2 Å². The van der Waals surface area contributed by atoms with E-state index >= 15 is 0 Å². The number of hydrazone groups is 1. The summed E-state index contributed by atoms with van der Waals surface area (Å²) in [7, 11) is 3.01. The molecule has 0 unspecified atom stereocenters. The number of para-hydroxylation sites is 1. The van der Waals surface area contributed by atoms with Crippen molar-refractivity contribution in [3.8, 4) is 5.75 Å². The Morgan fingerprint density at radius 2 is 1.78 bits per heavy atom. The molecule has 37 heavy (non-hydrogen) atoms. The van der Waals surface area contributed by atoms with Crippen LogP contribution in [0.25, 0.3) is 0 Å². The minimum Gasteiger partial charge on any atom is -0.496 e. The van der Waals surface area contributed by atoms with Crippen LogP contribution in [0.15, 0.2) is 77.9 Å². The molecule has 3 aromatic rings. The average molecular weight is 508 g/mol. The van der Waals surface area contributed by atoms with Gasteiger partial charge in [0.05, 0.1) is 25.5 Å². The maximum absolute atomic E-state index is 14.6. The molecular formula is C28H27F2N3O4. The van der Waals surface area contributed by atoms with Crippen LogP contribution >= 0.6 is 0 Å². The van der Waals surface area contributed by atoms with E-state index in [9.17, 15) is 18.4 Å². The number of hydrogen-bond donors (Lipinski definition) is 0. The van der Waals surface area contributed by atoms with Crippen LogP contribution in [0.3, 0.4) is 0 Å². The fourth-order valence-corrected chi connectivity index (χ4v) is 4.28. The molecule has 1 aliphatic rings. The number of carbonyl (C=O) groups is 2. The molecule has 1 aliphatic heterocycles. The van der Waals surface area contributed by atoms with Crippen molar-refractivity contribution < 1.29 is 27.8 Å². The lowest BCUT2D eigenvalue weighted by atomic mass is 9.97. The number of ether oxygens (including phenoxy) is 2. The predicted molar refractivity (Wildman–Crippen MR) is 134 cm³/mol. The summed E-state index contributed by atoms with van der Waals surface area (Å²) in [6.45, 7) is -0.0545. The molecule has 0 spiro atoms. The van der Waals surface area contributed by atoms with Gasteiger partial charge in [-0.05, 0) is 30.3 Å². The molecule has 192 valence electrons. The van der Waals surface area contributed by atoms with Gasteiger partial charge in [-0.15, -0.1) is 0 Å². The van der Waals surface area contributed by atoms with Crippen LogP contribution in [-0.2, 0) is 9.53 Å². The molecule has 2 amide bonds. The van der Waals surface area contributed by atoms with Crippen molar-refractivity contribution in [1.82, 2.24) is 9.91 Å². The molecule has 0 fully saturated rings. The second-order valence-corrected chi connectivity index (χ2v) is 8.46. The average Bonchev–Trinajstić information content (AvgIpc) is 3.36. The number of amides is 2. The number of nitrogens with zero attached hydrogens (tertiary/aromatic N) is 3. The molecular weight excluding hydrogens is 480 g/mol. The summed E-state index contributed by atoms with van der Waals surface area (Å²) in [6, 6.07) is 18.2. The Morgan fingerprint density at radius 3 is 2.51 bits per heavy atom. The highest BCUT2D eigenvalue weighted by Gasteiger charge is 2.36. The van der Waals surface area contributed by atoms with Crippen molar-refractivity contribution >= 4 is 17.5 Å². The molecule has 0 N–H and O–H groups in total. The normalized spacial score (nSPS) is 14.9. The van der Waals surface area contributed by atoms with Gasteiger partial charge in [0.2, 0.25) is 0 Å². The first-order chi connectivity index (χ1) is 17.9. The van der Waals surface area contributed by atoms with Gasteiger partial charge in [-0.3, -0.25) is 9.59 Å². The predicted octanol–water partition coefficient (Wildman–Crippen LogP) is 4.44. The zero-order valence-corrected chi connectivity index (χ0v) is 20.6. The third kappa shape index (κ3) is 5.83. The van der Waals surface area contributed by atoms with Gasteiger partial charge >= 0.3 is 0 Å². The fraction of sp³-hybridized carbons (Fsp3) is 0.250. The molecule has 9 heteroatoms. The first kappa shape index (κ1) is 26.0. The van der Waals surface area contributed by atoms with E-state index in [0.29, 0.717) is 22.6 Å². The first-order valence-corrected chi connectivity index (χ1v) is 11.7. The molecule has 0 saturated carbocycles. The summed E-state index contributed by atoms with van der Waals surface area (Å²) in [6.07, 6.45) is 0.253. The van der Waals surface area contributed by atoms with E-state index in [4.69, 9.17) is 9.47 Å². The maximum Gasteiger partial charge on any atom is 0.262 e. The summed E-state index contributed by atoms with van der Waals surface area (Å²) < 4.78 is 39.0. The Kier molecular flexibility index (Phi) is 8.25. The Morgan fingerprint density at radius 1 is 1.03 bits per heavy atom. The van der Waals surface area contributed by atoms with Crippen LogP contribution in [0.2, 0.25) is 0 Å². The maximum atomic E-state index is 14.6. The lowest BCUT2D eigenvalue weighted by molar-refractivity contribution is -0.133. The zero-order chi connectivity index (χ0) is 26.4. The van der Waals surface area contributed by atoms with Gasteiger partial charge < -0.3 is 14.4 Å². The van der Waals surface area contributed by atoms with Gasteiger partial charge in [-0.25, -0.2) is 13.8 Å². The Bertz CT molecular complexity index is 1310. The van der Waals surface area contributed by atoms with Crippen LogP contribution in [0.4, 0.5) is 8.78 Å². The zero-order valence-electron chi connectivity index (χ0n) is 20.6. The van der Waals surface area contributed by atoms with Gasteiger partial charge in [0.15, 0.2) is 0 Å². The smallest absolute Gasteiger partial charge is 0.262 e. The Labute approximate surface area is 213 Å². The second kappa shape index (κ2) is 11.7. The number of methoxy groups -OCH3 is 2. The molecule has 0 radical (unpaired) electrons.